The quantitative estimate of drug-likeness (QED) is 0.876. The van der Waals surface area contributed by atoms with Crippen LogP contribution >= 0.6 is 11.3 Å². The summed E-state index contributed by atoms with van der Waals surface area (Å²) in [5, 5.41) is 8.13. The van der Waals surface area contributed by atoms with Gasteiger partial charge in [0.05, 0.1) is 11.6 Å². The number of piperidine rings is 1. The lowest BCUT2D eigenvalue weighted by molar-refractivity contribution is -0.126. The zero-order chi connectivity index (χ0) is 13.1. The molecule has 1 aliphatic heterocycles. The van der Waals surface area contributed by atoms with Gasteiger partial charge in [0.1, 0.15) is 0 Å². The summed E-state index contributed by atoms with van der Waals surface area (Å²) in [6.07, 6.45) is 1.03. The van der Waals surface area contributed by atoms with E-state index in [-0.39, 0.29) is 17.7 Å². The molecule has 18 heavy (non-hydrogen) atoms. The highest BCUT2D eigenvalue weighted by Gasteiger charge is 2.25. The maximum atomic E-state index is 12.0. The molecular weight excluding hydrogens is 250 g/mol. The molecule has 2 amide bonds. The van der Waals surface area contributed by atoms with Gasteiger partial charge in [0.25, 0.3) is 0 Å². The van der Waals surface area contributed by atoms with Crippen LogP contribution in [0, 0.1) is 5.92 Å². The van der Waals surface area contributed by atoms with Crippen molar-refractivity contribution in [1.29, 1.82) is 0 Å². The molecule has 0 spiro atoms. The Kier molecular flexibility index (Phi) is 3.96. The number of nitrogens with one attached hydrogen (secondary N) is 2. The van der Waals surface area contributed by atoms with E-state index >= 15 is 0 Å². The van der Waals surface area contributed by atoms with Crippen LogP contribution in [-0.4, -0.2) is 23.3 Å². The molecule has 1 aliphatic rings. The highest BCUT2D eigenvalue weighted by molar-refractivity contribution is 7.13. The Labute approximate surface area is 110 Å². The fourth-order valence-electron chi connectivity index (χ4n) is 1.77. The van der Waals surface area contributed by atoms with Crippen molar-refractivity contribution >= 4 is 28.3 Å². The highest BCUT2D eigenvalue weighted by Crippen LogP contribution is 2.22. The summed E-state index contributed by atoms with van der Waals surface area (Å²) in [4.78, 5) is 27.3. The molecule has 0 bridgehead atoms. The van der Waals surface area contributed by atoms with Crippen molar-refractivity contribution in [3.63, 3.8) is 0 Å². The van der Waals surface area contributed by atoms with Gasteiger partial charge in [0, 0.05) is 18.3 Å². The van der Waals surface area contributed by atoms with Gasteiger partial charge in [0.15, 0.2) is 5.13 Å². The number of hydrogen-bond acceptors (Lipinski definition) is 4. The fourth-order valence-corrected chi connectivity index (χ4v) is 2.65. The highest BCUT2D eigenvalue weighted by atomic mass is 32.1. The summed E-state index contributed by atoms with van der Waals surface area (Å²) in [7, 11) is 0. The summed E-state index contributed by atoms with van der Waals surface area (Å²) in [5.41, 5.74) is 0.993. The topological polar surface area (TPSA) is 71.1 Å². The van der Waals surface area contributed by atoms with Gasteiger partial charge in [-0.25, -0.2) is 4.98 Å². The van der Waals surface area contributed by atoms with Gasteiger partial charge in [-0.15, -0.1) is 11.3 Å². The van der Waals surface area contributed by atoms with Crippen LogP contribution in [0.5, 0.6) is 0 Å². The van der Waals surface area contributed by atoms with Crippen molar-refractivity contribution in [2.75, 3.05) is 11.9 Å². The van der Waals surface area contributed by atoms with E-state index in [1.807, 2.05) is 5.38 Å². The minimum Gasteiger partial charge on any atom is -0.355 e. The molecule has 1 aromatic rings. The Bertz CT molecular complexity index is 446. The monoisotopic (exact) mass is 267 g/mol. The van der Waals surface area contributed by atoms with Gasteiger partial charge in [-0.1, -0.05) is 13.8 Å². The zero-order valence-electron chi connectivity index (χ0n) is 10.5. The van der Waals surface area contributed by atoms with Crippen molar-refractivity contribution in [1.82, 2.24) is 10.3 Å². The van der Waals surface area contributed by atoms with E-state index in [1.54, 1.807) is 0 Å². The molecule has 2 rings (SSSR count). The Morgan fingerprint density at radius 2 is 2.39 bits per heavy atom. The molecule has 1 aromatic heterocycles. The average molecular weight is 267 g/mol. The average Bonchev–Trinajstić information content (AvgIpc) is 2.78. The number of carbonyl (C=O) groups excluding carboxylic acids is 2. The molecule has 0 radical (unpaired) electrons. The number of aromatic nitrogens is 1. The molecule has 1 atom stereocenters. The van der Waals surface area contributed by atoms with Crippen molar-refractivity contribution in [2.45, 2.75) is 32.6 Å². The second-order valence-corrected chi connectivity index (χ2v) is 5.62. The molecule has 0 unspecified atom stereocenters. The Hall–Kier alpha value is -1.43. The molecule has 5 nitrogen and oxygen atoms in total. The molecule has 2 heterocycles. The number of rotatable bonds is 3. The molecule has 98 valence electrons. The van der Waals surface area contributed by atoms with E-state index in [2.05, 4.69) is 29.5 Å². The fraction of sp³-hybridized carbons (Fsp3) is 0.583. The number of carbonyl (C=O) groups is 2. The third-order valence-corrected chi connectivity index (χ3v) is 3.76. The number of anilines is 1. The first-order chi connectivity index (χ1) is 8.56. The van der Waals surface area contributed by atoms with Crippen LogP contribution in [0.15, 0.2) is 5.38 Å². The van der Waals surface area contributed by atoms with Crippen LogP contribution in [0.3, 0.4) is 0 Å². The van der Waals surface area contributed by atoms with E-state index in [0.717, 1.165) is 5.69 Å². The summed E-state index contributed by atoms with van der Waals surface area (Å²) in [6, 6.07) is 0. The molecule has 6 heteroatoms. The second kappa shape index (κ2) is 5.48. The predicted molar refractivity (Wildman–Crippen MR) is 70.6 cm³/mol. The lowest BCUT2D eigenvalue weighted by atomic mass is 9.98. The minimum absolute atomic E-state index is 0.0235. The van der Waals surface area contributed by atoms with Crippen LogP contribution in [0.4, 0.5) is 5.13 Å². The van der Waals surface area contributed by atoms with E-state index in [1.165, 1.54) is 11.3 Å². The second-order valence-electron chi connectivity index (χ2n) is 4.76. The van der Waals surface area contributed by atoms with Gasteiger partial charge in [-0.05, 0) is 12.3 Å². The summed E-state index contributed by atoms with van der Waals surface area (Å²) in [5.74, 6) is 0.185. The first-order valence-electron chi connectivity index (χ1n) is 6.09. The molecule has 1 saturated heterocycles. The number of thiazole rings is 1. The maximum Gasteiger partial charge on any atom is 0.231 e. The first-order valence-corrected chi connectivity index (χ1v) is 6.97. The predicted octanol–water partition coefficient (Wildman–Crippen LogP) is 1.73. The van der Waals surface area contributed by atoms with Crippen molar-refractivity contribution in [3.8, 4) is 0 Å². The largest absolute Gasteiger partial charge is 0.355 e. The van der Waals surface area contributed by atoms with Crippen molar-refractivity contribution < 1.29 is 9.59 Å². The van der Waals surface area contributed by atoms with Gasteiger partial charge < -0.3 is 10.6 Å². The lowest BCUT2D eigenvalue weighted by Gasteiger charge is -2.20. The Morgan fingerprint density at radius 1 is 1.61 bits per heavy atom. The molecule has 0 saturated carbocycles. The first kappa shape index (κ1) is 13.0. The number of amides is 2. The van der Waals surface area contributed by atoms with Crippen LogP contribution in [0.1, 0.15) is 38.3 Å². The maximum absolute atomic E-state index is 12.0. The minimum atomic E-state index is -0.144. The molecule has 0 aromatic carbocycles. The Balaban J connectivity index is 1.92. The smallest absolute Gasteiger partial charge is 0.231 e. The van der Waals surface area contributed by atoms with Crippen LogP contribution in [0.25, 0.3) is 0 Å². The number of nitrogens with zero attached hydrogens (tertiary/aromatic N) is 1. The van der Waals surface area contributed by atoms with Crippen molar-refractivity contribution in [2.24, 2.45) is 5.92 Å². The molecular formula is C12H17N3O2S. The summed E-state index contributed by atoms with van der Waals surface area (Å²) < 4.78 is 0. The van der Waals surface area contributed by atoms with Crippen LogP contribution in [0.2, 0.25) is 0 Å². The zero-order valence-corrected chi connectivity index (χ0v) is 11.3. The van der Waals surface area contributed by atoms with Gasteiger partial charge in [0.2, 0.25) is 11.8 Å². The normalized spacial score (nSPS) is 19.7. The third kappa shape index (κ3) is 3.07. The van der Waals surface area contributed by atoms with E-state index in [9.17, 15) is 9.59 Å². The molecule has 2 N–H and O–H groups in total. The molecule has 0 aliphatic carbocycles. The van der Waals surface area contributed by atoms with Crippen molar-refractivity contribution in [3.05, 3.63) is 11.1 Å². The Morgan fingerprint density at radius 3 is 2.94 bits per heavy atom. The molecule has 1 fully saturated rings. The van der Waals surface area contributed by atoms with Crippen LogP contribution < -0.4 is 10.6 Å². The summed E-state index contributed by atoms with van der Waals surface area (Å²) >= 11 is 1.44. The van der Waals surface area contributed by atoms with E-state index in [4.69, 9.17) is 0 Å². The SMILES string of the molecule is CC(C)c1csc(NC(=O)[C@H]2CCC(=O)NC2)n1. The van der Waals surface area contributed by atoms with E-state index < -0.39 is 0 Å². The van der Waals surface area contributed by atoms with E-state index in [0.29, 0.717) is 30.4 Å². The van der Waals surface area contributed by atoms with Gasteiger partial charge in [-0.3, -0.25) is 9.59 Å². The number of hydrogen-bond donors (Lipinski definition) is 2. The van der Waals surface area contributed by atoms with Crippen LogP contribution in [-0.2, 0) is 9.59 Å². The lowest BCUT2D eigenvalue weighted by Crippen LogP contribution is -2.40. The standard InChI is InChI=1S/C12H17N3O2S/c1-7(2)9-6-18-12(14-9)15-11(17)8-3-4-10(16)13-5-8/h6-8H,3-5H2,1-2H3,(H,13,16)(H,14,15,17)/t8-/m0/s1. The summed E-state index contributed by atoms with van der Waals surface area (Å²) in [6.45, 7) is 4.56. The third-order valence-electron chi connectivity index (χ3n) is 2.98. The van der Waals surface area contributed by atoms with Gasteiger partial charge >= 0.3 is 0 Å². The van der Waals surface area contributed by atoms with Gasteiger partial charge in [-0.2, -0.15) is 0 Å².